The lowest BCUT2D eigenvalue weighted by molar-refractivity contribution is 0.0851. The van der Waals surface area contributed by atoms with Crippen LogP contribution in [0.1, 0.15) is 33.7 Å². The van der Waals surface area contributed by atoms with Gasteiger partial charge in [-0.25, -0.2) is 9.37 Å². The molecule has 5 nitrogen and oxygen atoms in total. The van der Waals surface area contributed by atoms with Crippen LogP contribution in [-0.4, -0.2) is 41.7 Å². The van der Waals surface area contributed by atoms with Gasteiger partial charge in [-0.15, -0.1) is 18.5 Å². The van der Waals surface area contributed by atoms with E-state index in [1.54, 1.807) is 24.3 Å². The van der Waals surface area contributed by atoms with E-state index in [4.69, 9.17) is 0 Å². The fourth-order valence-corrected chi connectivity index (χ4v) is 4.17. The first-order valence-electron chi connectivity index (χ1n) is 8.71. The smallest absolute Gasteiger partial charge is 0.260 e. The summed E-state index contributed by atoms with van der Waals surface area (Å²) in [7, 11) is 6.80. The van der Waals surface area contributed by atoms with Crippen LogP contribution in [0.2, 0.25) is 0 Å². The number of benzene rings is 1. The first-order valence-corrected chi connectivity index (χ1v) is 9.86. The van der Waals surface area contributed by atoms with Gasteiger partial charge in [0, 0.05) is 5.92 Å². The number of carbonyl (C=O) groups excluding carboxylic acids is 2. The molecule has 0 saturated carbocycles. The number of rotatable bonds is 4. The summed E-state index contributed by atoms with van der Waals surface area (Å²) in [5.41, 5.74) is 0.272. The SMILES string of the molecule is CN1CCC(C(=O)c2cccc(NC(=O)c3c(F)cc(P)cc3P)n2)CC1. The summed E-state index contributed by atoms with van der Waals surface area (Å²) in [6, 6.07) is 7.88. The van der Waals surface area contributed by atoms with E-state index in [1.165, 1.54) is 6.07 Å². The van der Waals surface area contributed by atoms with E-state index in [0.717, 1.165) is 25.9 Å². The summed E-state index contributed by atoms with van der Waals surface area (Å²) in [5.74, 6) is -1.03. The van der Waals surface area contributed by atoms with Crippen molar-refractivity contribution in [3.8, 4) is 0 Å². The van der Waals surface area contributed by atoms with E-state index in [9.17, 15) is 14.0 Å². The Balaban J connectivity index is 1.76. The number of ketones is 1. The van der Waals surface area contributed by atoms with Crippen LogP contribution in [0.25, 0.3) is 0 Å². The van der Waals surface area contributed by atoms with Crippen molar-refractivity contribution in [2.75, 3.05) is 25.5 Å². The van der Waals surface area contributed by atoms with Crippen molar-refractivity contribution in [3.05, 3.63) is 47.4 Å². The normalized spacial score (nSPS) is 15.6. The average molecular weight is 405 g/mol. The van der Waals surface area contributed by atoms with Crippen LogP contribution in [0, 0.1) is 11.7 Å². The highest BCUT2D eigenvalue weighted by molar-refractivity contribution is 7.29. The van der Waals surface area contributed by atoms with Gasteiger partial charge >= 0.3 is 0 Å². The second-order valence-corrected chi connectivity index (χ2v) is 8.06. The zero-order valence-electron chi connectivity index (χ0n) is 15.0. The molecular formula is C19H22FN3O2P2. The Kier molecular flexibility index (Phi) is 6.31. The summed E-state index contributed by atoms with van der Waals surface area (Å²) in [5, 5.41) is 3.70. The van der Waals surface area contributed by atoms with Crippen molar-refractivity contribution in [2.45, 2.75) is 12.8 Å². The molecule has 2 unspecified atom stereocenters. The molecule has 0 aliphatic carbocycles. The van der Waals surface area contributed by atoms with Crippen LogP contribution in [-0.2, 0) is 0 Å². The number of halogens is 1. The minimum Gasteiger partial charge on any atom is -0.306 e. The lowest BCUT2D eigenvalue weighted by Gasteiger charge is -2.27. The molecule has 2 heterocycles. The third-order valence-electron chi connectivity index (χ3n) is 4.70. The van der Waals surface area contributed by atoms with E-state index < -0.39 is 11.7 Å². The largest absolute Gasteiger partial charge is 0.306 e. The van der Waals surface area contributed by atoms with Gasteiger partial charge in [-0.2, -0.15) is 0 Å². The molecule has 1 aliphatic heterocycles. The van der Waals surface area contributed by atoms with Crippen molar-refractivity contribution in [1.82, 2.24) is 9.88 Å². The summed E-state index contributed by atoms with van der Waals surface area (Å²) in [6.45, 7) is 1.77. The number of aromatic nitrogens is 1. The number of likely N-dealkylation sites (tertiary alicyclic amines) is 1. The number of Topliss-reactive ketones (excluding diaryl/α,β-unsaturated/α-hetero) is 1. The monoisotopic (exact) mass is 405 g/mol. The average Bonchev–Trinajstić information content (AvgIpc) is 2.61. The molecule has 27 heavy (non-hydrogen) atoms. The fraction of sp³-hybridized carbons (Fsp3) is 0.316. The molecule has 3 rings (SSSR count). The number of amides is 1. The van der Waals surface area contributed by atoms with Crippen LogP contribution in [0.4, 0.5) is 10.2 Å². The third-order valence-corrected chi connectivity index (χ3v) is 5.49. The highest BCUT2D eigenvalue weighted by Crippen LogP contribution is 2.21. The third kappa shape index (κ3) is 4.76. The minimum absolute atomic E-state index is 0.00974. The van der Waals surface area contributed by atoms with Crippen LogP contribution in [0.3, 0.4) is 0 Å². The second kappa shape index (κ2) is 8.52. The Bertz CT molecular complexity index is 860. The van der Waals surface area contributed by atoms with E-state index in [2.05, 4.69) is 33.7 Å². The Morgan fingerprint density at radius 3 is 2.59 bits per heavy atom. The molecule has 1 aromatic carbocycles. The van der Waals surface area contributed by atoms with Crippen LogP contribution in [0.15, 0.2) is 30.3 Å². The van der Waals surface area contributed by atoms with Gasteiger partial charge in [0.25, 0.3) is 5.91 Å². The molecule has 1 N–H and O–H groups in total. The lowest BCUT2D eigenvalue weighted by Crippen LogP contribution is -2.33. The van der Waals surface area contributed by atoms with Crippen molar-refractivity contribution in [3.63, 3.8) is 0 Å². The van der Waals surface area contributed by atoms with Gasteiger partial charge in [0.2, 0.25) is 0 Å². The van der Waals surface area contributed by atoms with Gasteiger partial charge in [-0.1, -0.05) is 6.07 Å². The van der Waals surface area contributed by atoms with Gasteiger partial charge in [-0.3, -0.25) is 9.59 Å². The number of nitrogens with zero attached hydrogens (tertiary/aromatic N) is 2. The molecule has 8 heteroatoms. The maximum Gasteiger partial charge on any atom is 0.260 e. The molecule has 0 bridgehead atoms. The molecule has 1 aromatic heterocycles. The van der Waals surface area contributed by atoms with E-state index in [1.807, 2.05) is 7.05 Å². The Morgan fingerprint density at radius 2 is 1.93 bits per heavy atom. The van der Waals surface area contributed by atoms with Gasteiger partial charge in [0.05, 0.1) is 5.56 Å². The molecule has 2 atom stereocenters. The Hall–Kier alpha value is -1.74. The van der Waals surface area contributed by atoms with E-state index >= 15 is 0 Å². The Morgan fingerprint density at radius 1 is 1.22 bits per heavy atom. The molecule has 1 aliphatic rings. The number of anilines is 1. The minimum atomic E-state index is -0.608. The van der Waals surface area contributed by atoms with Crippen LogP contribution in [0.5, 0.6) is 0 Å². The fourth-order valence-electron chi connectivity index (χ4n) is 3.19. The lowest BCUT2D eigenvalue weighted by atomic mass is 9.91. The van der Waals surface area contributed by atoms with E-state index in [-0.39, 0.29) is 23.1 Å². The van der Waals surface area contributed by atoms with Gasteiger partial charge in [0.1, 0.15) is 17.3 Å². The number of nitrogens with one attached hydrogen (secondary N) is 1. The zero-order valence-corrected chi connectivity index (χ0v) is 17.3. The maximum atomic E-state index is 14.2. The van der Waals surface area contributed by atoms with Crippen molar-refractivity contribution in [2.24, 2.45) is 5.92 Å². The molecule has 1 fully saturated rings. The summed E-state index contributed by atoms with van der Waals surface area (Å²) in [6.07, 6.45) is 1.60. The maximum absolute atomic E-state index is 14.2. The summed E-state index contributed by atoms with van der Waals surface area (Å²) in [4.78, 5) is 31.7. The van der Waals surface area contributed by atoms with Gasteiger partial charge in [-0.05, 0) is 67.9 Å². The number of hydrogen-bond donors (Lipinski definition) is 1. The van der Waals surface area contributed by atoms with E-state index in [0.29, 0.717) is 16.3 Å². The summed E-state index contributed by atoms with van der Waals surface area (Å²) < 4.78 is 14.2. The highest BCUT2D eigenvalue weighted by Gasteiger charge is 2.25. The van der Waals surface area contributed by atoms with Gasteiger partial charge < -0.3 is 10.2 Å². The van der Waals surface area contributed by atoms with Crippen molar-refractivity contribution < 1.29 is 14.0 Å². The first-order chi connectivity index (χ1) is 12.8. The van der Waals surface area contributed by atoms with Crippen LogP contribution >= 0.6 is 18.5 Å². The molecular weight excluding hydrogens is 383 g/mol. The molecule has 1 saturated heterocycles. The summed E-state index contributed by atoms with van der Waals surface area (Å²) >= 11 is 0. The molecule has 142 valence electrons. The number of pyridine rings is 1. The second-order valence-electron chi connectivity index (χ2n) is 6.77. The predicted molar refractivity (Wildman–Crippen MR) is 112 cm³/mol. The highest BCUT2D eigenvalue weighted by atomic mass is 31.0. The quantitative estimate of drug-likeness (QED) is 0.625. The zero-order chi connectivity index (χ0) is 19.6. The molecule has 2 aromatic rings. The van der Waals surface area contributed by atoms with Crippen LogP contribution < -0.4 is 15.9 Å². The first kappa shape index (κ1) is 20.0. The predicted octanol–water partition coefficient (Wildman–Crippen LogP) is 2.00. The number of carbonyl (C=O) groups is 2. The Labute approximate surface area is 162 Å². The van der Waals surface area contributed by atoms with Crippen molar-refractivity contribution >= 4 is 46.6 Å². The standard InChI is InChI=1S/C19H22FN3O2P2/c1-23-7-5-11(6-8-23)18(24)14-3-2-4-16(21-14)22-19(25)17-13(20)9-12(26)10-15(17)27/h2-4,9-11H,5-8,26-27H2,1H3,(H,21,22,25). The van der Waals surface area contributed by atoms with Crippen molar-refractivity contribution in [1.29, 1.82) is 0 Å². The number of piperidine rings is 1. The topological polar surface area (TPSA) is 62.3 Å². The van der Waals surface area contributed by atoms with Gasteiger partial charge in [0.15, 0.2) is 5.78 Å². The molecule has 1 amide bonds. The molecule has 0 radical (unpaired) electrons. The number of hydrogen-bond acceptors (Lipinski definition) is 4. The molecule has 0 spiro atoms.